The number of thioether (sulfide) groups is 1. The van der Waals surface area contributed by atoms with Crippen LogP contribution in [-0.2, 0) is 0 Å². The molecule has 1 rings (SSSR count). The second-order valence-electron chi connectivity index (χ2n) is 4.61. The Bertz CT molecular complexity index is 115. The summed E-state index contributed by atoms with van der Waals surface area (Å²) in [6, 6.07) is 0. The fraction of sp³-hybridized carbons (Fsp3) is 1.00. The minimum Gasteiger partial charge on any atom is -0.161 e. The lowest BCUT2D eigenvalue weighted by atomic mass is 9.68. The van der Waals surface area contributed by atoms with E-state index in [9.17, 15) is 0 Å². The van der Waals surface area contributed by atoms with Crippen molar-refractivity contribution in [2.45, 2.75) is 34.1 Å². The lowest BCUT2D eigenvalue weighted by Gasteiger charge is -2.38. The van der Waals surface area contributed by atoms with Gasteiger partial charge in [0.25, 0.3) is 0 Å². The van der Waals surface area contributed by atoms with Gasteiger partial charge in [0.2, 0.25) is 0 Å². The molecule has 1 heterocycles. The van der Waals surface area contributed by atoms with Crippen LogP contribution in [0.15, 0.2) is 0 Å². The summed E-state index contributed by atoms with van der Waals surface area (Å²) in [5.74, 6) is 2.73. The third-order valence-electron chi connectivity index (χ3n) is 3.03. The number of hydrogen-bond acceptors (Lipinski definition) is 1. The van der Waals surface area contributed by atoms with E-state index in [2.05, 4.69) is 39.5 Å². The van der Waals surface area contributed by atoms with Crippen molar-refractivity contribution in [1.29, 1.82) is 0 Å². The first kappa shape index (κ1) is 8.45. The molecule has 1 heteroatoms. The Kier molecular flexibility index (Phi) is 2.06. The van der Waals surface area contributed by atoms with E-state index in [4.69, 9.17) is 0 Å². The quantitative estimate of drug-likeness (QED) is 0.522. The summed E-state index contributed by atoms with van der Waals surface area (Å²) in [5, 5.41) is 0. The Morgan fingerprint density at radius 2 is 1.90 bits per heavy atom. The summed E-state index contributed by atoms with van der Waals surface area (Å²) < 4.78 is 0. The topological polar surface area (TPSA) is 0 Å². The Hall–Kier alpha value is 0.350. The van der Waals surface area contributed by atoms with Gasteiger partial charge in [-0.25, -0.2) is 0 Å². The van der Waals surface area contributed by atoms with Crippen LogP contribution in [0.25, 0.3) is 0 Å². The molecule has 60 valence electrons. The first-order chi connectivity index (χ1) is 4.46. The van der Waals surface area contributed by atoms with Crippen molar-refractivity contribution >= 4 is 11.8 Å². The zero-order valence-corrected chi connectivity index (χ0v) is 8.35. The Labute approximate surface area is 68.8 Å². The predicted molar refractivity (Wildman–Crippen MR) is 49.5 cm³/mol. The summed E-state index contributed by atoms with van der Waals surface area (Å²) in [7, 11) is 0. The SMILES string of the molecule is CC(C)(C)C1(C)CCSC1. The van der Waals surface area contributed by atoms with Gasteiger partial charge in [0.1, 0.15) is 0 Å². The van der Waals surface area contributed by atoms with Crippen molar-refractivity contribution in [1.82, 2.24) is 0 Å². The van der Waals surface area contributed by atoms with E-state index in [1.165, 1.54) is 17.9 Å². The molecule has 0 aromatic carbocycles. The first-order valence-corrected chi connectivity index (χ1v) is 5.19. The highest BCUT2D eigenvalue weighted by Crippen LogP contribution is 2.48. The molecular weight excluding hydrogens is 140 g/mol. The molecule has 1 aliphatic heterocycles. The van der Waals surface area contributed by atoms with Gasteiger partial charge in [-0.05, 0) is 28.8 Å². The largest absolute Gasteiger partial charge is 0.161 e. The standard InChI is InChI=1S/C9H18S/c1-8(2,3)9(4)5-6-10-7-9/h5-7H2,1-4H3. The van der Waals surface area contributed by atoms with Gasteiger partial charge < -0.3 is 0 Å². The van der Waals surface area contributed by atoms with E-state index in [0.29, 0.717) is 10.8 Å². The van der Waals surface area contributed by atoms with Crippen molar-refractivity contribution in [2.75, 3.05) is 11.5 Å². The van der Waals surface area contributed by atoms with Crippen molar-refractivity contribution in [3.8, 4) is 0 Å². The minimum absolute atomic E-state index is 0.497. The molecule has 0 aromatic rings. The maximum atomic E-state index is 2.42. The molecule has 1 aliphatic rings. The van der Waals surface area contributed by atoms with Gasteiger partial charge in [-0.1, -0.05) is 27.7 Å². The molecule has 0 amide bonds. The second-order valence-corrected chi connectivity index (χ2v) is 5.72. The summed E-state index contributed by atoms with van der Waals surface area (Å²) in [4.78, 5) is 0. The molecule has 0 nitrogen and oxygen atoms in total. The van der Waals surface area contributed by atoms with Crippen LogP contribution in [0.5, 0.6) is 0 Å². The Morgan fingerprint density at radius 1 is 1.30 bits per heavy atom. The highest BCUT2D eigenvalue weighted by molar-refractivity contribution is 7.99. The molecule has 0 bridgehead atoms. The van der Waals surface area contributed by atoms with E-state index in [1.54, 1.807) is 0 Å². The van der Waals surface area contributed by atoms with E-state index < -0.39 is 0 Å². The minimum atomic E-state index is 0.497. The van der Waals surface area contributed by atoms with Crippen LogP contribution in [0, 0.1) is 10.8 Å². The fourth-order valence-electron chi connectivity index (χ4n) is 1.26. The summed E-state index contributed by atoms with van der Waals surface area (Å²) in [5.41, 5.74) is 1.09. The van der Waals surface area contributed by atoms with E-state index in [1.807, 2.05) is 0 Å². The van der Waals surface area contributed by atoms with E-state index >= 15 is 0 Å². The van der Waals surface area contributed by atoms with E-state index in [0.717, 1.165) is 0 Å². The smallest absolute Gasteiger partial charge is 0.000814 e. The molecule has 1 atom stereocenters. The number of rotatable bonds is 0. The van der Waals surface area contributed by atoms with Gasteiger partial charge in [-0.3, -0.25) is 0 Å². The van der Waals surface area contributed by atoms with Crippen molar-refractivity contribution in [3.63, 3.8) is 0 Å². The van der Waals surface area contributed by atoms with Gasteiger partial charge in [-0.15, -0.1) is 0 Å². The lowest BCUT2D eigenvalue weighted by molar-refractivity contribution is 0.141. The monoisotopic (exact) mass is 158 g/mol. The molecule has 0 spiro atoms. The maximum Gasteiger partial charge on any atom is -0.000814 e. The summed E-state index contributed by atoms with van der Waals surface area (Å²) in [6.07, 6.45) is 1.40. The first-order valence-electron chi connectivity index (χ1n) is 4.03. The predicted octanol–water partition coefficient (Wildman–Crippen LogP) is 3.18. The van der Waals surface area contributed by atoms with Crippen LogP contribution >= 0.6 is 11.8 Å². The highest BCUT2D eigenvalue weighted by Gasteiger charge is 2.39. The molecule has 1 unspecified atom stereocenters. The fourth-order valence-corrected chi connectivity index (χ4v) is 3.03. The molecule has 1 fully saturated rings. The van der Waals surface area contributed by atoms with Crippen LogP contribution in [0.2, 0.25) is 0 Å². The van der Waals surface area contributed by atoms with Crippen molar-refractivity contribution in [2.24, 2.45) is 10.8 Å². The molecule has 0 saturated carbocycles. The molecule has 0 aliphatic carbocycles. The third kappa shape index (κ3) is 1.34. The van der Waals surface area contributed by atoms with Gasteiger partial charge in [0.15, 0.2) is 0 Å². The van der Waals surface area contributed by atoms with E-state index in [-0.39, 0.29) is 0 Å². The highest BCUT2D eigenvalue weighted by atomic mass is 32.2. The maximum absolute atomic E-state index is 2.42. The molecule has 1 saturated heterocycles. The zero-order valence-electron chi connectivity index (χ0n) is 7.53. The Morgan fingerprint density at radius 3 is 2.10 bits per heavy atom. The summed E-state index contributed by atoms with van der Waals surface area (Å²) >= 11 is 2.11. The van der Waals surface area contributed by atoms with Crippen LogP contribution in [-0.4, -0.2) is 11.5 Å². The number of hydrogen-bond donors (Lipinski definition) is 0. The van der Waals surface area contributed by atoms with Crippen LogP contribution < -0.4 is 0 Å². The van der Waals surface area contributed by atoms with Crippen molar-refractivity contribution in [3.05, 3.63) is 0 Å². The molecule has 0 aromatic heterocycles. The van der Waals surface area contributed by atoms with Gasteiger partial charge in [-0.2, -0.15) is 11.8 Å². The van der Waals surface area contributed by atoms with Crippen LogP contribution in [0.1, 0.15) is 34.1 Å². The zero-order chi connectivity index (χ0) is 7.83. The van der Waals surface area contributed by atoms with Gasteiger partial charge in [0.05, 0.1) is 0 Å². The van der Waals surface area contributed by atoms with Crippen LogP contribution in [0.3, 0.4) is 0 Å². The molecule has 0 N–H and O–H groups in total. The van der Waals surface area contributed by atoms with Crippen LogP contribution in [0.4, 0.5) is 0 Å². The molecular formula is C9H18S. The molecule has 0 radical (unpaired) electrons. The van der Waals surface area contributed by atoms with Gasteiger partial charge >= 0.3 is 0 Å². The second kappa shape index (κ2) is 2.44. The van der Waals surface area contributed by atoms with Gasteiger partial charge in [0, 0.05) is 0 Å². The average molecular weight is 158 g/mol. The average Bonchev–Trinajstić information content (AvgIpc) is 2.13. The normalized spacial score (nSPS) is 34.8. The summed E-state index contributed by atoms with van der Waals surface area (Å²) in [6.45, 7) is 9.50. The lowest BCUT2D eigenvalue weighted by Crippen LogP contribution is -2.32. The Balaban J connectivity index is 2.67. The van der Waals surface area contributed by atoms with Crippen molar-refractivity contribution < 1.29 is 0 Å². The third-order valence-corrected chi connectivity index (χ3v) is 4.36. The molecule has 10 heavy (non-hydrogen) atoms.